The van der Waals surface area contributed by atoms with Crippen LogP contribution in [0.1, 0.15) is 60.8 Å². The fraction of sp³-hybridized carbons (Fsp3) is 0.929. The zero-order valence-corrected chi connectivity index (χ0v) is 20.4. The second-order valence-corrected chi connectivity index (χ2v) is 13.7. The fourth-order valence-corrected chi connectivity index (χ4v) is 9.30. The monoisotopic (exact) mass is 408 g/mol. The minimum absolute atomic E-state index is 0. The van der Waals surface area contributed by atoms with Crippen molar-refractivity contribution in [2.24, 2.45) is 0 Å². The molecule has 3 saturated heterocycles. The smallest absolute Gasteiger partial charge is 0.412 e. The van der Waals surface area contributed by atoms with Crippen molar-refractivity contribution in [2.75, 3.05) is 0 Å². The van der Waals surface area contributed by atoms with Crippen molar-refractivity contribution in [3.63, 3.8) is 0 Å². The van der Waals surface area contributed by atoms with Crippen molar-refractivity contribution >= 4 is 32.2 Å². The van der Waals surface area contributed by atoms with Gasteiger partial charge in [-0.3, -0.25) is 10.5 Å². The Balaban J connectivity index is -0.0000000428. The predicted octanol–water partition coefficient (Wildman–Crippen LogP) is 3.57. The van der Waals surface area contributed by atoms with E-state index in [-0.39, 0.29) is 19.4 Å². The third-order valence-corrected chi connectivity index (χ3v) is 10.0. The lowest BCUT2D eigenvalue weighted by Gasteiger charge is -2.60. The van der Waals surface area contributed by atoms with Crippen LogP contribution in [0.5, 0.6) is 0 Å². The van der Waals surface area contributed by atoms with Gasteiger partial charge >= 0.3 is 17.6 Å². The largest absolute Gasteiger partial charge is 0.475 e. The molecular weight excluding hydrogens is 364 g/mol. The molecule has 3 aliphatic rings. The molecule has 2 bridgehead atoms. The molecule has 6 N–H and O–H groups in total. The van der Waals surface area contributed by atoms with Gasteiger partial charge in [0.25, 0.3) is 0 Å². The first-order valence-corrected chi connectivity index (χ1v) is 15.2. The Morgan fingerprint density at radius 2 is 0.792 bits per heavy atom. The number of hydrogen-bond acceptors (Lipinski definition) is 5. The molecule has 0 aromatic carbocycles. The van der Waals surface area contributed by atoms with Crippen LogP contribution in [0.3, 0.4) is 0 Å². The van der Waals surface area contributed by atoms with Gasteiger partial charge in [-0.05, 0) is 8.41 Å². The van der Waals surface area contributed by atoms with Gasteiger partial charge in [0.05, 0.1) is 0 Å². The third kappa shape index (κ3) is 30.2. The minimum Gasteiger partial charge on any atom is -0.412 e. The molecular formula is C14H44O7Si3. The molecule has 24 heavy (non-hydrogen) atoms. The van der Waals surface area contributed by atoms with Crippen LogP contribution in [-0.4, -0.2) is 53.7 Å². The summed E-state index contributed by atoms with van der Waals surface area (Å²) in [4.78, 5) is 0. The first-order chi connectivity index (χ1) is 10.1. The van der Waals surface area contributed by atoms with E-state index in [1.807, 2.05) is 13.1 Å². The Morgan fingerprint density at radius 1 is 0.708 bits per heavy atom. The average Bonchev–Trinajstić information content (AvgIpc) is 2.31. The highest BCUT2D eigenvalue weighted by Gasteiger charge is 2.76. The summed E-state index contributed by atoms with van der Waals surface area (Å²) in [6.07, 6.45) is 7.49. The highest BCUT2D eigenvalue weighted by Crippen LogP contribution is 2.45. The minimum atomic E-state index is -1.82. The van der Waals surface area contributed by atoms with Crippen LogP contribution in [-0.2, 0) is 12.3 Å². The molecule has 0 spiro atoms. The van der Waals surface area contributed by atoms with E-state index in [9.17, 15) is 0 Å². The van der Waals surface area contributed by atoms with E-state index >= 15 is 0 Å². The van der Waals surface area contributed by atoms with Gasteiger partial charge in [-0.1, -0.05) is 73.9 Å². The van der Waals surface area contributed by atoms with E-state index < -0.39 is 17.6 Å². The lowest BCUT2D eigenvalue weighted by atomic mass is 10.6. The van der Waals surface area contributed by atoms with Crippen molar-refractivity contribution in [1.82, 2.24) is 0 Å². The van der Waals surface area contributed by atoms with Crippen LogP contribution >= 0.6 is 0 Å². The van der Waals surface area contributed by atoms with E-state index in [2.05, 4.69) is 60.8 Å². The standard InChI is InChI=1S/C3H8Si.3C3H8.C2H6O3Si2.H2O2.2H2O/c1-4(2)3;3*1-3-2;1-6-3-7(2,4-6)5-6;1-2;;/h1H2,2-3H3;3*3H2,1-2H3;1-2H3;1-2H;2*1H2. The van der Waals surface area contributed by atoms with E-state index in [0.29, 0.717) is 0 Å². The second-order valence-electron chi connectivity index (χ2n) is 5.36. The van der Waals surface area contributed by atoms with Gasteiger partial charge in [0.15, 0.2) is 0 Å². The molecule has 0 aromatic heterocycles. The Hall–Kier alpha value is 0.241. The third-order valence-electron chi connectivity index (χ3n) is 1.11. The molecule has 3 aliphatic heterocycles. The van der Waals surface area contributed by atoms with Gasteiger partial charge in [-0.15, -0.1) is 6.17 Å². The molecule has 0 amide bonds. The molecule has 0 aliphatic carbocycles. The van der Waals surface area contributed by atoms with E-state index in [1.54, 1.807) is 0 Å². The summed E-state index contributed by atoms with van der Waals surface area (Å²) in [7, 11) is -3.77. The van der Waals surface area contributed by atoms with E-state index in [4.69, 9.17) is 22.9 Å². The summed E-state index contributed by atoms with van der Waals surface area (Å²) in [5.74, 6) is 0. The van der Waals surface area contributed by atoms with Crippen molar-refractivity contribution < 1.29 is 33.8 Å². The molecule has 7 nitrogen and oxygen atoms in total. The normalized spacial score (nSPS) is 22.8. The number of hydrogen-bond donors (Lipinski definition) is 2. The maximum Gasteiger partial charge on any atom is 0.475 e. The first kappa shape index (κ1) is 39.4. The highest BCUT2D eigenvalue weighted by molar-refractivity contribution is 7.00. The molecule has 0 aromatic rings. The van der Waals surface area contributed by atoms with Crippen LogP contribution in [0.25, 0.3) is 0 Å². The Morgan fingerprint density at radius 3 is 0.792 bits per heavy atom. The summed E-state index contributed by atoms with van der Waals surface area (Å²) in [5.41, 5.74) is 0. The summed E-state index contributed by atoms with van der Waals surface area (Å²) in [6.45, 7) is 20.9. The maximum absolute atomic E-state index is 6.00. The SMILES string of the molecule is C=[Si](C)C.CCC.CCC.CCC.C[Si]12O[Si](C)(O1)O2.O.O.OO. The van der Waals surface area contributed by atoms with Crippen LogP contribution in [0.4, 0.5) is 0 Å². The van der Waals surface area contributed by atoms with Gasteiger partial charge in [0.2, 0.25) is 0 Å². The second kappa shape index (κ2) is 25.5. The molecule has 3 fully saturated rings. The zero-order chi connectivity index (χ0) is 18.8. The molecule has 0 unspecified atom stereocenters. The summed E-state index contributed by atoms with van der Waals surface area (Å²) >= 11 is 0. The van der Waals surface area contributed by atoms with Crippen molar-refractivity contribution in [3.8, 4) is 0 Å². The lowest BCUT2D eigenvalue weighted by Crippen LogP contribution is -2.86. The van der Waals surface area contributed by atoms with Crippen LogP contribution in [0, 0.1) is 0 Å². The highest BCUT2D eigenvalue weighted by atomic mass is 28.6. The van der Waals surface area contributed by atoms with E-state index in [1.165, 1.54) is 19.3 Å². The molecule has 3 heterocycles. The van der Waals surface area contributed by atoms with Gasteiger partial charge in [-0.25, -0.2) is 0 Å². The van der Waals surface area contributed by atoms with Crippen molar-refractivity contribution in [2.45, 2.75) is 87.0 Å². The van der Waals surface area contributed by atoms with E-state index in [0.717, 1.165) is 0 Å². The van der Waals surface area contributed by atoms with Gasteiger partial charge < -0.3 is 23.3 Å². The molecule has 10 heteroatoms. The van der Waals surface area contributed by atoms with Gasteiger partial charge in [0.1, 0.15) is 0 Å². The Labute approximate surface area is 153 Å². The zero-order valence-electron chi connectivity index (χ0n) is 17.4. The Bertz CT molecular complexity index is 204. The van der Waals surface area contributed by atoms with Crippen LogP contribution in [0.2, 0.25) is 26.2 Å². The summed E-state index contributed by atoms with van der Waals surface area (Å²) in [5, 5.41) is 12.0. The van der Waals surface area contributed by atoms with Crippen LogP contribution < -0.4 is 0 Å². The topological polar surface area (TPSA) is 131 Å². The van der Waals surface area contributed by atoms with Crippen molar-refractivity contribution in [3.05, 3.63) is 0 Å². The summed E-state index contributed by atoms with van der Waals surface area (Å²) in [6, 6.07) is 0. The molecule has 0 radical (unpaired) electrons. The predicted molar refractivity (Wildman–Crippen MR) is 111 cm³/mol. The molecule has 3 rings (SSSR count). The summed E-state index contributed by atoms with van der Waals surface area (Å²) < 4.78 is 15.7. The first-order valence-electron chi connectivity index (χ1n) is 8.02. The van der Waals surface area contributed by atoms with Crippen LogP contribution in [0.15, 0.2) is 0 Å². The lowest BCUT2D eigenvalue weighted by molar-refractivity contribution is -0.176. The molecule has 154 valence electrons. The maximum atomic E-state index is 6.00. The molecule has 0 saturated carbocycles. The quantitative estimate of drug-likeness (QED) is 0.359. The fourth-order valence-electron chi connectivity index (χ4n) is 1.03. The van der Waals surface area contributed by atoms with Gasteiger partial charge in [0, 0.05) is 13.1 Å². The number of rotatable bonds is 0. The van der Waals surface area contributed by atoms with Crippen molar-refractivity contribution in [1.29, 1.82) is 0 Å². The average molecular weight is 409 g/mol. The molecule has 0 atom stereocenters. The Kier molecular flexibility index (Phi) is 41.8. The van der Waals surface area contributed by atoms with Gasteiger partial charge in [-0.2, -0.15) is 0 Å².